The minimum atomic E-state index is -0.695. The Morgan fingerprint density at radius 1 is 1.10 bits per heavy atom. The maximum atomic E-state index is 13.6. The number of nitrogens with two attached hydrogens (primary N) is 1. The van der Waals surface area contributed by atoms with Gasteiger partial charge in [-0.15, -0.1) is 12.4 Å². The van der Waals surface area contributed by atoms with E-state index in [1.165, 1.54) is 35.0 Å². The van der Waals surface area contributed by atoms with E-state index in [2.05, 4.69) is 20.9 Å². The van der Waals surface area contributed by atoms with E-state index in [1.807, 2.05) is 0 Å². The number of amides is 1. The second-order valence-corrected chi connectivity index (χ2v) is 9.70. The zero-order valence-electron chi connectivity index (χ0n) is 21.5. The monoisotopic (exact) mass is 553 g/mol. The summed E-state index contributed by atoms with van der Waals surface area (Å²) >= 11 is 0. The van der Waals surface area contributed by atoms with Crippen molar-refractivity contribution in [2.75, 3.05) is 19.6 Å². The minimum Gasteiger partial charge on any atom is -0.494 e. The van der Waals surface area contributed by atoms with Gasteiger partial charge in [0.25, 0.3) is 5.91 Å². The number of hydrogen-bond donors (Lipinski definition) is 2. The third-order valence-electron chi connectivity index (χ3n) is 7.12. The first-order valence-corrected chi connectivity index (χ1v) is 12.6. The third kappa shape index (κ3) is 6.10. The van der Waals surface area contributed by atoms with Gasteiger partial charge in [-0.25, -0.2) is 18.7 Å². The molecule has 5 rings (SSSR count). The largest absolute Gasteiger partial charge is 0.494 e. The molecule has 204 valence electrons. The van der Waals surface area contributed by atoms with Crippen LogP contribution in [0.5, 0.6) is 5.88 Å². The van der Waals surface area contributed by atoms with Gasteiger partial charge in [0.15, 0.2) is 11.3 Å². The number of primary amides is 1. The van der Waals surface area contributed by atoms with Crippen LogP contribution >= 0.6 is 12.4 Å². The van der Waals surface area contributed by atoms with E-state index in [-0.39, 0.29) is 47.2 Å². The standard InChI is InChI=1S/C29H29F2N5O2.ClH/c1-18-24(29(38)36-17-33-26(27(32)37)28(36)34-18)12-14-35-13-2-3-19(16-35)15-25(20-4-8-22(30)9-5-20)21-6-10-23(31)11-7-21;/h4-11,15,17,19,38H,2-3,12-14,16H2,1H3,(H2,32,37);1H. The Morgan fingerprint density at radius 2 is 1.72 bits per heavy atom. The molecule has 1 aliphatic rings. The molecule has 0 spiro atoms. The maximum absolute atomic E-state index is 13.6. The highest BCUT2D eigenvalue weighted by molar-refractivity contribution is 5.96. The molecule has 0 radical (unpaired) electrons. The van der Waals surface area contributed by atoms with E-state index in [1.54, 1.807) is 31.2 Å². The van der Waals surface area contributed by atoms with Crippen molar-refractivity contribution >= 4 is 29.5 Å². The number of imidazole rings is 1. The van der Waals surface area contributed by atoms with Crippen LogP contribution in [0.3, 0.4) is 0 Å². The van der Waals surface area contributed by atoms with Crippen LogP contribution < -0.4 is 5.73 Å². The number of halogens is 3. The number of carbonyl (C=O) groups is 1. The Kier molecular flexibility index (Phi) is 8.62. The van der Waals surface area contributed by atoms with Crippen molar-refractivity contribution in [2.45, 2.75) is 26.2 Å². The number of likely N-dealkylation sites (tertiary alicyclic amines) is 1. The molecular weight excluding hydrogens is 524 g/mol. The van der Waals surface area contributed by atoms with Crippen molar-refractivity contribution in [1.29, 1.82) is 0 Å². The second kappa shape index (κ2) is 11.9. The van der Waals surface area contributed by atoms with Gasteiger partial charge in [0.2, 0.25) is 5.88 Å². The normalized spacial score (nSPS) is 15.6. The summed E-state index contributed by atoms with van der Waals surface area (Å²) in [4.78, 5) is 22.4. The molecule has 1 saturated heterocycles. The number of benzene rings is 2. The average Bonchev–Trinajstić information content (AvgIpc) is 3.33. The van der Waals surface area contributed by atoms with E-state index < -0.39 is 5.91 Å². The van der Waals surface area contributed by atoms with Gasteiger partial charge in [-0.3, -0.25) is 9.20 Å². The number of hydrogen-bond acceptors (Lipinski definition) is 5. The minimum absolute atomic E-state index is 0. The summed E-state index contributed by atoms with van der Waals surface area (Å²) in [5, 5.41) is 10.9. The van der Waals surface area contributed by atoms with Crippen LogP contribution in [0, 0.1) is 24.5 Å². The Hall–Kier alpha value is -3.82. The summed E-state index contributed by atoms with van der Waals surface area (Å²) in [5.74, 6) is -1.04. The zero-order valence-corrected chi connectivity index (χ0v) is 22.3. The van der Waals surface area contributed by atoms with Gasteiger partial charge < -0.3 is 15.7 Å². The van der Waals surface area contributed by atoms with E-state index in [9.17, 15) is 18.7 Å². The van der Waals surface area contributed by atoms with Crippen molar-refractivity contribution in [2.24, 2.45) is 11.7 Å². The average molecular weight is 554 g/mol. The molecule has 7 nitrogen and oxygen atoms in total. The number of aryl methyl sites for hydroxylation is 1. The van der Waals surface area contributed by atoms with Crippen molar-refractivity contribution < 1.29 is 18.7 Å². The molecule has 0 bridgehead atoms. The second-order valence-electron chi connectivity index (χ2n) is 9.70. The molecule has 0 aliphatic carbocycles. The smallest absolute Gasteiger partial charge is 0.271 e. The summed E-state index contributed by atoms with van der Waals surface area (Å²) in [6.45, 7) is 4.26. The van der Waals surface area contributed by atoms with Crippen LogP contribution in [0.1, 0.15) is 45.7 Å². The molecule has 3 N–H and O–H groups in total. The summed E-state index contributed by atoms with van der Waals surface area (Å²) < 4.78 is 28.6. The van der Waals surface area contributed by atoms with Crippen LogP contribution in [0.25, 0.3) is 11.2 Å². The van der Waals surface area contributed by atoms with Crippen LogP contribution in [-0.2, 0) is 6.42 Å². The van der Waals surface area contributed by atoms with Gasteiger partial charge in [-0.05, 0) is 79.6 Å². The topological polar surface area (TPSA) is 96.8 Å². The number of fused-ring (bicyclic) bond motifs is 1. The van der Waals surface area contributed by atoms with Crippen LogP contribution in [-0.4, -0.2) is 49.9 Å². The summed E-state index contributed by atoms with van der Waals surface area (Å²) in [6, 6.07) is 12.7. The maximum Gasteiger partial charge on any atom is 0.271 e. The van der Waals surface area contributed by atoms with Crippen LogP contribution in [0.15, 0.2) is 60.9 Å². The first-order valence-electron chi connectivity index (χ1n) is 12.6. The van der Waals surface area contributed by atoms with Crippen molar-refractivity contribution in [3.8, 4) is 5.88 Å². The van der Waals surface area contributed by atoms with Crippen LogP contribution in [0.2, 0.25) is 0 Å². The number of piperidine rings is 1. The lowest BCUT2D eigenvalue weighted by atomic mass is 9.90. The molecule has 2 aromatic carbocycles. The summed E-state index contributed by atoms with van der Waals surface area (Å²) in [5.41, 5.74) is 9.68. The fourth-order valence-corrected chi connectivity index (χ4v) is 5.16. The Bertz CT molecular complexity index is 1460. The molecule has 3 heterocycles. The van der Waals surface area contributed by atoms with E-state index in [0.29, 0.717) is 24.2 Å². The number of aromatic nitrogens is 3. The van der Waals surface area contributed by atoms with Crippen molar-refractivity contribution in [3.63, 3.8) is 0 Å². The molecule has 1 fully saturated rings. The molecule has 10 heteroatoms. The fourth-order valence-electron chi connectivity index (χ4n) is 5.16. The van der Waals surface area contributed by atoms with Gasteiger partial charge in [-0.1, -0.05) is 30.3 Å². The molecule has 0 saturated carbocycles. The number of carbonyl (C=O) groups excluding carboxylic acids is 1. The fraction of sp³-hybridized carbons (Fsp3) is 0.276. The molecule has 1 atom stereocenters. The molecular formula is C29H30ClF2N5O2. The van der Waals surface area contributed by atoms with Crippen molar-refractivity contribution in [1.82, 2.24) is 19.3 Å². The van der Waals surface area contributed by atoms with Gasteiger partial charge in [0, 0.05) is 24.3 Å². The first kappa shape index (κ1) is 28.2. The predicted octanol–water partition coefficient (Wildman–Crippen LogP) is 4.93. The lowest BCUT2D eigenvalue weighted by Gasteiger charge is -2.32. The highest BCUT2D eigenvalue weighted by Crippen LogP contribution is 2.30. The van der Waals surface area contributed by atoms with Gasteiger partial charge in [0.05, 0.1) is 0 Å². The van der Waals surface area contributed by atoms with E-state index >= 15 is 0 Å². The molecule has 4 aromatic rings. The summed E-state index contributed by atoms with van der Waals surface area (Å²) in [7, 11) is 0. The lowest BCUT2D eigenvalue weighted by molar-refractivity contribution is 0.0997. The van der Waals surface area contributed by atoms with Crippen molar-refractivity contribution in [3.05, 3.63) is 101 Å². The first-order chi connectivity index (χ1) is 18.3. The van der Waals surface area contributed by atoms with Crippen LogP contribution in [0.4, 0.5) is 8.78 Å². The Morgan fingerprint density at radius 3 is 2.31 bits per heavy atom. The lowest BCUT2D eigenvalue weighted by Crippen LogP contribution is -2.36. The Balaban J connectivity index is 0.00000353. The molecule has 1 aliphatic heterocycles. The third-order valence-corrected chi connectivity index (χ3v) is 7.12. The van der Waals surface area contributed by atoms with Gasteiger partial charge in [0.1, 0.15) is 18.0 Å². The number of rotatable bonds is 7. The summed E-state index contributed by atoms with van der Waals surface area (Å²) in [6.07, 6.45) is 6.15. The zero-order chi connectivity index (χ0) is 26.8. The quantitative estimate of drug-likeness (QED) is 0.338. The SMILES string of the molecule is Cc1nc2c(C(N)=O)ncn2c(O)c1CCN1CCCC(C=C(c2ccc(F)cc2)c2ccc(F)cc2)C1.Cl. The molecule has 2 aromatic heterocycles. The molecule has 39 heavy (non-hydrogen) atoms. The Labute approximate surface area is 231 Å². The van der Waals surface area contributed by atoms with Gasteiger partial charge >= 0.3 is 0 Å². The number of nitrogens with zero attached hydrogens (tertiary/aromatic N) is 4. The highest BCUT2D eigenvalue weighted by atomic mass is 35.5. The van der Waals surface area contributed by atoms with E-state index in [4.69, 9.17) is 5.73 Å². The molecule has 1 unspecified atom stereocenters. The highest BCUT2D eigenvalue weighted by Gasteiger charge is 2.22. The number of aromatic hydroxyl groups is 1. The van der Waals surface area contributed by atoms with Gasteiger partial charge in [-0.2, -0.15) is 0 Å². The predicted molar refractivity (Wildman–Crippen MR) is 148 cm³/mol. The molecule has 1 amide bonds. The van der Waals surface area contributed by atoms with E-state index in [0.717, 1.165) is 42.6 Å².